The smallest absolute Gasteiger partial charge is 0.267 e. The molecule has 164 valence electrons. The van der Waals surface area contributed by atoms with Crippen LogP contribution >= 0.6 is 0 Å². The Bertz CT molecular complexity index is 1380. The van der Waals surface area contributed by atoms with E-state index in [0.29, 0.717) is 33.9 Å². The maximum absolute atomic E-state index is 12.6. The first kappa shape index (κ1) is 20.6. The van der Waals surface area contributed by atoms with Crippen LogP contribution in [0.15, 0.2) is 83.9 Å². The molecule has 0 atom stereocenters. The molecule has 2 aromatic carbocycles. The van der Waals surface area contributed by atoms with Gasteiger partial charge in [-0.05, 0) is 43.2 Å². The molecule has 1 aliphatic carbocycles. The molecule has 0 spiro atoms. The predicted molar refractivity (Wildman–Crippen MR) is 125 cm³/mol. The molecule has 1 saturated carbocycles. The molecule has 2 heterocycles. The van der Waals surface area contributed by atoms with E-state index in [1.54, 1.807) is 19.3 Å². The maximum atomic E-state index is 12.6. The summed E-state index contributed by atoms with van der Waals surface area (Å²) < 4.78 is 7.42. The van der Waals surface area contributed by atoms with Gasteiger partial charge >= 0.3 is 0 Å². The van der Waals surface area contributed by atoms with E-state index in [0.717, 1.165) is 18.4 Å². The highest BCUT2D eigenvalue weighted by Gasteiger charge is 2.24. The second kappa shape index (κ2) is 8.70. The lowest BCUT2D eigenvalue weighted by molar-refractivity contribution is 0.0950. The summed E-state index contributed by atoms with van der Waals surface area (Å²) in [5.41, 5.74) is 2.68. The average Bonchev–Trinajstić information content (AvgIpc) is 3.66. The number of carbonyl (C=O) groups is 1. The third kappa shape index (κ3) is 4.52. The fourth-order valence-corrected chi connectivity index (χ4v) is 3.53. The molecule has 0 unspecified atom stereocenters. The molecule has 0 bridgehead atoms. The number of aryl methyl sites for hydroxylation is 1. The number of carbonyl (C=O) groups excluding carboxylic acids is 1. The van der Waals surface area contributed by atoms with Crippen LogP contribution in [-0.4, -0.2) is 26.7 Å². The minimum absolute atomic E-state index is 0.169. The third-order valence-corrected chi connectivity index (χ3v) is 5.43. The molecule has 33 heavy (non-hydrogen) atoms. The topological polar surface area (TPSA) is 86.1 Å². The third-order valence-electron chi connectivity index (χ3n) is 5.43. The molecule has 1 aliphatic rings. The largest absolute Gasteiger partial charge is 0.457 e. The number of hydrogen-bond acceptors (Lipinski definition) is 5. The fourth-order valence-electron chi connectivity index (χ4n) is 3.53. The van der Waals surface area contributed by atoms with Gasteiger partial charge in [-0.1, -0.05) is 30.3 Å². The van der Waals surface area contributed by atoms with Crippen LogP contribution in [0.25, 0.3) is 22.4 Å². The standard InChI is InChI=1S/C26H22N4O3/c1-30-24(31)14-22(17-13-18(16-27-15-17)26(32)28-19-11-12-19)25(29-30)21-9-5-6-10-23(21)33-20-7-3-2-4-8-20/h2-10,13-16,19H,11-12H2,1H3,(H,28,32). The van der Waals surface area contributed by atoms with E-state index < -0.39 is 0 Å². The van der Waals surface area contributed by atoms with Crippen LogP contribution in [-0.2, 0) is 7.05 Å². The zero-order valence-corrected chi connectivity index (χ0v) is 18.1. The van der Waals surface area contributed by atoms with Crippen LogP contribution in [0.3, 0.4) is 0 Å². The molecule has 1 N–H and O–H groups in total. The zero-order chi connectivity index (χ0) is 22.8. The Balaban J connectivity index is 1.60. The molecule has 1 fully saturated rings. The fraction of sp³-hybridized carbons (Fsp3) is 0.154. The Kier molecular flexibility index (Phi) is 5.44. The van der Waals surface area contributed by atoms with Crippen molar-refractivity contribution in [3.05, 3.63) is 95.0 Å². The van der Waals surface area contributed by atoms with E-state index in [9.17, 15) is 9.59 Å². The molecule has 0 aliphatic heterocycles. The summed E-state index contributed by atoms with van der Waals surface area (Å²) in [5, 5.41) is 7.52. The van der Waals surface area contributed by atoms with Gasteiger partial charge in [0.1, 0.15) is 17.2 Å². The number of benzene rings is 2. The highest BCUT2D eigenvalue weighted by Crippen LogP contribution is 2.37. The molecular weight excluding hydrogens is 416 g/mol. The lowest BCUT2D eigenvalue weighted by Crippen LogP contribution is -2.25. The SMILES string of the molecule is Cn1nc(-c2ccccc2Oc2ccccc2)c(-c2cncc(C(=O)NC3CC3)c2)cc1=O. The van der Waals surface area contributed by atoms with E-state index >= 15 is 0 Å². The normalized spacial score (nSPS) is 12.9. The number of amides is 1. The quantitative estimate of drug-likeness (QED) is 0.488. The number of pyridine rings is 1. The van der Waals surface area contributed by atoms with Crippen molar-refractivity contribution in [3.63, 3.8) is 0 Å². The molecule has 2 aromatic heterocycles. The number of ether oxygens (including phenoxy) is 1. The van der Waals surface area contributed by atoms with Crippen molar-refractivity contribution in [3.8, 4) is 33.9 Å². The zero-order valence-electron chi connectivity index (χ0n) is 18.1. The van der Waals surface area contributed by atoms with Crippen LogP contribution in [0.1, 0.15) is 23.2 Å². The van der Waals surface area contributed by atoms with Crippen molar-refractivity contribution in [2.45, 2.75) is 18.9 Å². The Labute approximate surface area is 190 Å². The molecule has 7 nitrogen and oxygen atoms in total. The van der Waals surface area contributed by atoms with E-state index in [1.807, 2.05) is 54.6 Å². The summed E-state index contributed by atoms with van der Waals surface area (Å²) in [6.45, 7) is 0. The number of nitrogens with one attached hydrogen (secondary N) is 1. The Morgan fingerprint density at radius 1 is 1.00 bits per heavy atom. The number of nitrogens with zero attached hydrogens (tertiary/aromatic N) is 3. The predicted octanol–water partition coefficient (Wildman–Crippen LogP) is 4.19. The van der Waals surface area contributed by atoms with E-state index in [-0.39, 0.29) is 17.5 Å². The number of hydrogen-bond donors (Lipinski definition) is 1. The molecule has 4 aromatic rings. The monoisotopic (exact) mass is 438 g/mol. The van der Waals surface area contributed by atoms with Gasteiger partial charge in [-0.2, -0.15) is 5.10 Å². The van der Waals surface area contributed by atoms with Gasteiger partial charge in [0.2, 0.25) is 0 Å². The number of aromatic nitrogens is 3. The second-order valence-electron chi connectivity index (χ2n) is 7.99. The van der Waals surface area contributed by atoms with Gasteiger partial charge in [0.25, 0.3) is 11.5 Å². The van der Waals surface area contributed by atoms with Crippen molar-refractivity contribution in [2.75, 3.05) is 0 Å². The minimum atomic E-state index is -0.261. The van der Waals surface area contributed by atoms with E-state index in [2.05, 4.69) is 15.4 Å². The van der Waals surface area contributed by atoms with Crippen LogP contribution in [0, 0.1) is 0 Å². The highest BCUT2D eigenvalue weighted by atomic mass is 16.5. The Morgan fingerprint density at radius 3 is 2.55 bits per heavy atom. The second-order valence-corrected chi connectivity index (χ2v) is 7.99. The van der Waals surface area contributed by atoms with Gasteiger partial charge in [0.15, 0.2) is 0 Å². The van der Waals surface area contributed by atoms with Crippen molar-refractivity contribution >= 4 is 5.91 Å². The highest BCUT2D eigenvalue weighted by molar-refractivity contribution is 5.96. The average molecular weight is 438 g/mol. The first-order valence-electron chi connectivity index (χ1n) is 10.8. The molecule has 0 radical (unpaired) electrons. The van der Waals surface area contributed by atoms with Gasteiger partial charge in [-0.15, -0.1) is 0 Å². The minimum Gasteiger partial charge on any atom is -0.457 e. The molecule has 0 saturated heterocycles. The summed E-state index contributed by atoms with van der Waals surface area (Å²) >= 11 is 0. The van der Waals surface area contributed by atoms with E-state index in [4.69, 9.17) is 4.74 Å². The van der Waals surface area contributed by atoms with Crippen LogP contribution in [0.4, 0.5) is 0 Å². The Hall–Kier alpha value is -4.26. The summed E-state index contributed by atoms with van der Waals surface area (Å²) in [6.07, 6.45) is 5.16. The van der Waals surface area contributed by atoms with Gasteiger partial charge in [0.05, 0.1) is 5.56 Å². The van der Waals surface area contributed by atoms with Crippen molar-refractivity contribution in [1.82, 2.24) is 20.1 Å². The summed E-state index contributed by atoms with van der Waals surface area (Å²) in [6, 6.07) is 20.5. The van der Waals surface area contributed by atoms with Gasteiger partial charge in [-0.25, -0.2) is 4.68 Å². The lowest BCUT2D eigenvalue weighted by Gasteiger charge is -2.15. The first-order chi connectivity index (χ1) is 16.1. The molecular formula is C26H22N4O3. The van der Waals surface area contributed by atoms with Gasteiger partial charge in [-0.3, -0.25) is 14.6 Å². The van der Waals surface area contributed by atoms with Crippen LogP contribution < -0.4 is 15.6 Å². The maximum Gasteiger partial charge on any atom is 0.267 e. The molecule has 1 amide bonds. The summed E-state index contributed by atoms with van der Waals surface area (Å²) in [7, 11) is 1.61. The van der Waals surface area contributed by atoms with E-state index in [1.165, 1.54) is 16.9 Å². The van der Waals surface area contributed by atoms with Crippen molar-refractivity contribution < 1.29 is 9.53 Å². The van der Waals surface area contributed by atoms with Gasteiger partial charge in [0, 0.05) is 48.2 Å². The van der Waals surface area contributed by atoms with Crippen molar-refractivity contribution in [1.29, 1.82) is 0 Å². The molecule has 5 rings (SSSR count). The first-order valence-corrected chi connectivity index (χ1v) is 10.8. The number of para-hydroxylation sites is 2. The lowest BCUT2D eigenvalue weighted by atomic mass is 9.99. The van der Waals surface area contributed by atoms with Gasteiger partial charge < -0.3 is 10.1 Å². The molecule has 7 heteroatoms. The van der Waals surface area contributed by atoms with Crippen molar-refractivity contribution in [2.24, 2.45) is 7.05 Å². The summed E-state index contributed by atoms with van der Waals surface area (Å²) in [4.78, 5) is 29.3. The Morgan fingerprint density at radius 2 is 1.76 bits per heavy atom. The summed E-state index contributed by atoms with van der Waals surface area (Å²) in [5.74, 6) is 1.13. The van der Waals surface area contributed by atoms with Crippen LogP contribution in [0.2, 0.25) is 0 Å². The van der Waals surface area contributed by atoms with Crippen LogP contribution in [0.5, 0.6) is 11.5 Å². The number of rotatable bonds is 6.